The molecule has 0 heterocycles. The predicted octanol–water partition coefficient (Wildman–Crippen LogP) is 2.59. The quantitative estimate of drug-likeness (QED) is 0.827. The zero-order valence-corrected chi connectivity index (χ0v) is 13.5. The van der Waals surface area contributed by atoms with Gasteiger partial charge >= 0.3 is 0 Å². The van der Waals surface area contributed by atoms with Crippen molar-refractivity contribution >= 4 is 9.84 Å². The number of hydrogen-bond acceptors (Lipinski definition) is 4. The average molecular weight is 330 g/mol. The highest BCUT2D eigenvalue weighted by molar-refractivity contribution is 7.91. The first-order valence-electron chi connectivity index (χ1n) is 7.05. The molecular weight excluding hydrogens is 312 g/mol. The smallest absolute Gasteiger partial charge is 0.187 e. The van der Waals surface area contributed by atoms with Gasteiger partial charge in [0.25, 0.3) is 0 Å². The van der Waals surface area contributed by atoms with Crippen LogP contribution < -0.4 is 4.74 Å². The first-order valence-corrected chi connectivity index (χ1v) is 8.59. The van der Waals surface area contributed by atoms with Gasteiger partial charge in [-0.2, -0.15) is 0 Å². The maximum Gasteiger partial charge on any atom is 0.187 e. The van der Waals surface area contributed by atoms with Gasteiger partial charge in [-0.15, -0.1) is 12.3 Å². The molecule has 0 aliphatic carbocycles. The van der Waals surface area contributed by atoms with Crippen molar-refractivity contribution in [1.82, 2.24) is 0 Å². The fraction of sp³-hybridized carbons (Fsp3) is 0.222. The lowest BCUT2D eigenvalue weighted by Crippen LogP contribution is -2.26. The Kier molecular flexibility index (Phi) is 5.43. The van der Waals surface area contributed by atoms with Crippen molar-refractivity contribution in [3.05, 3.63) is 60.2 Å². The monoisotopic (exact) mass is 330 g/mol. The van der Waals surface area contributed by atoms with Crippen LogP contribution in [0.5, 0.6) is 5.75 Å². The van der Waals surface area contributed by atoms with E-state index in [-0.39, 0.29) is 11.3 Å². The van der Waals surface area contributed by atoms with Crippen molar-refractivity contribution in [3.8, 4) is 18.1 Å². The largest absolute Gasteiger partial charge is 0.497 e. The normalized spacial score (nSPS) is 13.8. The van der Waals surface area contributed by atoms with Gasteiger partial charge in [-0.05, 0) is 29.8 Å². The molecule has 0 aliphatic rings. The molecule has 0 radical (unpaired) electrons. The molecule has 0 fully saturated rings. The van der Waals surface area contributed by atoms with Gasteiger partial charge in [0.05, 0.1) is 18.1 Å². The third-order valence-electron chi connectivity index (χ3n) is 3.50. The van der Waals surface area contributed by atoms with E-state index in [2.05, 4.69) is 5.92 Å². The highest BCUT2D eigenvalue weighted by Gasteiger charge is 2.35. The summed E-state index contributed by atoms with van der Waals surface area (Å²) >= 11 is 0. The molecule has 2 aromatic carbocycles. The van der Waals surface area contributed by atoms with Crippen LogP contribution in [-0.4, -0.2) is 26.7 Å². The second kappa shape index (κ2) is 7.32. The molecule has 0 spiro atoms. The third kappa shape index (κ3) is 3.73. The zero-order chi connectivity index (χ0) is 16.9. The summed E-state index contributed by atoms with van der Waals surface area (Å²) in [4.78, 5) is 0.142. The van der Waals surface area contributed by atoms with E-state index in [1.165, 1.54) is 19.2 Å². The van der Waals surface area contributed by atoms with Crippen molar-refractivity contribution in [1.29, 1.82) is 0 Å². The van der Waals surface area contributed by atoms with Crippen LogP contribution in [0.15, 0.2) is 59.5 Å². The van der Waals surface area contributed by atoms with Crippen molar-refractivity contribution in [2.24, 2.45) is 0 Å². The molecule has 0 saturated carbocycles. The van der Waals surface area contributed by atoms with Gasteiger partial charge in [0.2, 0.25) is 0 Å². The fourth-order valence-corrected chi connectivity index (χ4v) is 4.26. The van der Waals surface area contributed by atoms with Crippen molar-refractivity contribution in [2.75, 3.05) is 7.11 Å². The van der Waals surface area contributed by atoms with E-state index < -0.39 is 21.2 Å². The number of aliphatic hydroxyl groups is 1. The third-order valence-corrected chi connectivity index (χ3v) is 5.69. The second-order valence-electron chi connectivity index (χ2n) is 5.03. The van der Waals surface area contributed by atoms with Crippen molar-refractivity contribution < 1.29 is 18.3 Å². The maximum absolute atomic E-state index is 13.0. The summed E-state index contributed by atoms with van der Waals surface area (Å²) in [5.74, 6) is 2.84. The van der Waals surface area contributed by atoms with Crippen LogP contribution in [0.25, 0.3) is 0 Å². The molecule has 0 aliphatic heterocycles. The minimum absolute atomic E-state index is 0.0616. The van der Waals surface area contributed by atoms with Gasteiger partial charge in [0.15, 0.2) is 9.84 Å². The maximum atomic E-state index is 13.0. The molecule has 4 nitrogen and oxygen atoms in total. The molecule has 2 atom stereocenters. The van der Waals surface area contributed by atoms with E-state index in [4.69, 9.17) is 11.2 Å². The number of ether oxygens (including phenoxy) is 1. The Morgan fingerprint density at radius 2 is 1.87 bits per heavy atom. The van der Waals surface area contributed by atoms with E-state index in [0.29, 0.717) is 11.3 Å². The van der Waals surface area contributed by atoms with E-state index >= 15 is 0 Å². The SMILES string of the molecule is C#CCC(O)C(c1cccc(OC)c1)S(=O)(=O)c1ccccc1. The number of sulfone groups is 1. The summed E-state index contributed by atoms with van der Waals surface area (Å²) in [5, 5.41) is 9.20. The number of rotatable bonds is 6. The van der Waals surface area contributed by atoms with Crippen LogP contribution in [0.2, 0.25) is 0 Å². The highest BCUT2D eigenvalue weighted by Crippen LogP contribution is 2.34. The van der Waals surface area contributed by atoms with E-state index in [1.807, 2.05) is 0 Å². The van der Waals surface area contributed by atoms with E-state index in [9.17, 15) is 13.5 Å². The molecule has 0 amide bonds. The molecule has 2 aromatic rings. The molecule has 0 aromatic heterocycles. The number of methoxy groups -OCH3 is 1. The Bertz CT molecular complexity index is 791. The molecule has 2 unspecified atom stereocenters. The number of benzene rings is 2. The van der Waals surface area contributed by atoms with Crippen molar-refractivity contribution in [2.45, 2.75) is 22.7 Å². The molecule has 120 valence electrons. The Morgan fingerprint density at radius 1 is 1.17 bits per heavy atom. The topological polar surface area (TPSA) is 63.6 Å². The van der Waals surface area contributed by atoms with Gasteiger partial charge in [0, 0.05) is 6.42 Å². The summed E-state index contributed by atoms with van der Waals surface area (Å²) in [6, 6.07) is 14.7. The van der Waals surface area contributed by atoms with Crippen LogP contribution >= 0.6 is 0 Å². The van der Waals surface area contributed by atoms with Crippen LogP contribution in [-0.2, 0) is 9.84 Å². The summed E-state index contributed by atoms with van der Waals surface area (Å²) in [6.07, 6.45) is 3.98. The lowest BCUT2D eigenvalue weighted by Gasteiger charge is -2.23. The zero-order valence-electron chi connectivity index (χ0n) is 12.7. The number of terminal acetylenes is 1. The van der Waals surface area contributed by atoms with Crippen LogP contribution in [0.1, 0.15) is 17.2 Å². The Balaban J connectivity index is 2.57. The number of aliphatic hydroxyl groups excluding tert-OH is 1. The molecule has 1 N–H and O–H groups in total. The van der Waals surface area contributed by atoms with Crippen LogP contribution in [0.3, 0.4) is 0 Å². The lowest BCUT2D eigenvalue weighted by atomic mass is 10.0. The summed E-state index contributed by atoms with van der Waals surface area (Å²) in [6.45, 7) is 0. The first kappa shape index (κ1) is 17.1. The minimum atomic E-state index is -3.80. The van der Waals surface area contributed by atoms with Crippen LogP contribution in [0.4, 0.5) is 0 Å². The van der Waals surface area contributed by atoms with E-state index in [0.717, 1.165) is 0 Å². The number of hydrogen-bond donors (Lipinski definition) is 1. The highest BCUT2D eigenvalue weighted by atomic mass is 32.2. The summed E-state index contributed by atoms with van der Waals surface area (Å²) in [7, 11) is -2.30. The summed E-state index contributed by atoms with van der Waals surface area (Å²) < 4.78 is 31.1. The Hall–Kier alpha value is -2.29. The predicted molar refractivity (Wildman–Crippen MR) is 88.8 cm³/mol. The molecule has 23 heavy (non-hydrogen) atoms. The van der Waals surface area contributed by atoms with Gasteiger partial charge in [-0.25, -0.2) is 8.42 Å². The summed E-state index contributed by atoms with van der Waals surface area (Å²) in [5.41, 5.74) is 0.441. The van der Waals surface area contributed by atoms with Gasteiger partial charge in [-0.3, -0.25) is 0 Å². The second-order valence-corrected chi connectivity index (χ2v) is 7.10. The van der Waals surface area contributed by atoms with E-state index in [1.54, 1.807) is 42.5 Å². The Morgan fingerprint density at radius 3 is 2.48 bits per heavy atom. The first-order chi connectivity index (χ1) is 11.0. The minimum Gasteiger partial charge on any atom is -0.497 e. The average Bonchev–Trinajstić information content (AvgIpc) is 2.56. The van der Waals surface area contributed by atoms with Gasteiger partial charge < -0.3 is 9.84 Å². The molecule has 2 rings (SSSR count). The van der Waals surface area contributed by atoms with Crippen LogP contribution in [0, 0.1) is 12.3 Å². The molecule has 0 saturated heterocycles. The Labute approximate surface area is 136 Å². The molecule has 5 heteroatoms. The standard InChI is InChI=1S/C18H18O4S/c1-3-8-17(19)18(14-9-7-10-15(13-14)22-2)23(20,21)16-11-5-4-6-12-16/h1,4-7,9-13,17-19H,8H2,2H3. The van der Waals surface area contributed by atoms with Crippen molar-refractivity contribution in [3.63, 3.8) is 0 Å². The van der Waals surface area contributed by atoms with Gasteiger partial charge in [-0.1, -0.05) is 30.3 Å². The molecule has 0 bridgehead atoms. The van der Waals surface area contributed by atoms with Gasteiger partial charge in [0.1, 0.15) is 11.0 Å². The lowest BCUT2D eigenvalue weighted by molar-refractivity contribution is 0.173. The fourth-order valence-electron chi connectivity index (χ4n) is 2.41. The molecular formula is C18H18O4S.